The van der Waals surface area contributed by atoms with E-state index in [2.05, 4.69) is 57.9 Å². The second-order valence-corrected chi connectivity index (χ2v) is 7.68. The highest BCUT2D eigenvalue weighted by atomic mass is 16.5. The Kier molecular flexibility index (Phi) is 5.60. The van der Waals surface area contributed by atoms with E-state index in [1.165, 1.54) is 5.56 Å². The zero-order chi connectivity index (χ0) is 22.6. The second-order valence-electron chi connectivity index (χ2n) is 7.68. The number of methoxy groups -OCH3 is 1. The van der Waals surface area contributed by atoms with Crippen LogP contribution in [0.3, 0.4) is 0 Å². The van der Waals surface area contributed by atoms with Crippen molar-refractivity contribution >= 4 is 11.4 Å². The van der Waals surface area contributed by atoms with Crippen LogP contribution in [0.15, 0.2) is 102 Å². The lowest BCUT2D eigenvalue weighted by atomic mass is 10.0. The Morgan fingerprint density at radius 1 is 0.758 bits per heavy atom. The van der Waals surface area contributed by atoms with Gasteiger partial charge in [-0.15, -0.1) is 0 Å². The predicted octanol–water partition coefficient (Wildman–Crippen LogP) is 7.13. The molecule has 0 amide bonds. The van der Waals surface area contributed by atoms with Crippen molar-refractivity contribution in [1.29, 1.82) is 0 Å². The van der Waals surface area contributed by atoms with Gasteiger partial charge in [0.05, 0.1) is 7.11 Å². The highest BCUT2D eigenvalue weighted by molar-refractivity contribution is 5.81. The van der Waals surface area contributed by atoms with Gasteiger partial charge in [-0.05, 0) is 47.9 Å². The van der Waals surface area contributed by atoms with Crippen LogP contribution in [0.2, 0.25) is 0 Å². The van der Waals surface area contributed by atoms with Gasteiger partial charge in [-0.2, -0.15) is 0 Å². The monoisotopic (exact) mass is 433 g/mol. The number of aryl methyl sites for hydroxylation is 1. The summed E-state index contributed by atoms with van der Waals surface area (Å²) < 4.78 is 11.1. The third-order valence-corrected chi connectivity index (χ3v) is 5.52. The van der Waals surface area contributed by atoms with E-state index < -0.39 is 0 Å². The minimum Gasteiger partial charge on any atom is -0.481 e. The van der Waals surface area contributed by atoms with Crippen molar-refractivity contribution in [2.75, 3.05) is 12.4 Å². The number of anilines is 2. The molecule has 1 N–H and O–H groups in total. The smallest absolute Gasteiger partial charge is 0.221 e. The zero-order valence-corrected chi connectivity index (χ0v) is 18.4. The lowest BCUT2D eigenvalue weighted by Crippen LogP contribution is -1.95. The predicted molar refractivity (Wildman–Crippen MR) is 132 cm³/mol. The number of nitrogens with zero attached hydrogens (tertiary/aromatic N) is 2. The maximum Gasteiger partial charge on any atom is 0.221 e. The van der Waals surface area contributed by atoms with Gasteiger partial charge in [0.25, 0.3) is 0 Å². The Balaban J connectivity index is 1.45. The molecule has 0 aliphatic heterocycles. The Labute approximate surface area is 192 Å². The fraction of sp³-hybridized carbons (Fsp3) is 0.0714. The molecule has 0 aliphatic carbocycles. The maximum atomic E-state index is 5.71. The summed E-state index contributed by atoms with van der Waals surface area (Å²) >= 11 is 0. The third kappa shape index (κ3) is 4.21. The molecule has 0 atom stereocenters. The van der Waals surface area contributed by atoms with E-state index in [4.69, 9.17) is 9.26 Å². The summed E-state index contributed by atoms with van der Waals surface area (Å²) in [5.74, 6) is 1.30. The van der Waals surface area contributed by atoms with Crippen molar-refractivity contribution in [3.05, 3.63) is 103 Å². The average Bonchev–Trinajstić information content (AvgIpc) is 3.24. The normalized spacial score (nSPS) is 10.7. The van der Waals surface area contributed by atoms with Gasteiger partial charge in [0.1, 0.15) is 11.4 Å². The fourth-order valence-electron chi connectivity index (χ4n) is 3.84. The molecule has 162 valence electrons. The van der Waals surface area contributed by atoms with Gasteiger partial charge in [0.15, 0.2) is 5.76 Å². The van der Waals surface area contributed by atoms with E-state index in [0.717, 1.165) is 39.3 Å². The molecule has 0 saturated carbocycles. The first-order valence-corrected chi connectivity index (χ1v) is 10.7. The molecule has 5 rings (SSSR count). The summed E-state index contributed by atoms with van der Waals surface area (Å²) in [4.78, 5) is 4.31. The molecule has 2 heterocycles. The number of rotatable bonds is 6. The number of aromatic nitrogens is 2. The van der Waals surface area contributed by atoms with E-state index in [1.807, 2.05) is 55.5 Å². The summed E-state index contributed by atoms with van der Waals surface area (Å²) in [5, 5.41) is 7.71. The molecule has 0 spiro atoms. The molecule has 5 aromatic rings. The van der Waals surface area contributed by atoms with Crippen LogP contribution in [0.5, 0.6) is 5.88 Å². The van der Waals surface area contributed by atoms with E-state index in [0.29, 0.717) is 11.6 Å². The van der Waals surface area contributed by atoms with Crippen molar-refractivity contribution < 1.29 is 9.26 Å². The molecule has 0 saturated heterocycles. The molecule has 33 heavy (non-hydrogen) atoms. The van der Waals surface area contributed by atoms with Crippen LogP contribution in [-0.4, -0.2) is 17.3 Å². The molecule has 0 bridgehead atoms. The summed E-state index contributed by atoms with van der Waals surface area (Å²) in [5.41, 5.74) is 7.80. The molecule has 0 fully saturated rings. The maximum absolute atomic E-state index is 5.71. The van der Waals surface area contributed by atoms with Gasteiger partial charge in [-0.1, -0.05) is 71.9 Å². The minimum absolute atomic E-state index is 0.593. The minimum atomic E-state index is 0.593. The van der Waals surface area contributed by atoms with Gasteiger partial charge < -0.3 is 14.6 Å². The lowest BCUT2D eigenvalue weighted by molar-refractivity contribution is 0.399. The highest BCUT2D eigenvalue weighted by Gasteiger charge is 2.16. The van der Waals surface area contributed by atoms with Gasteiger partial charge in [0.2, 0.25) is 5.88 Å². The summed E-state index contributed by atoms with van der Waals surface area (Å²) in [6.45, 7) is 1.93. The van der Waals surface area contributed by atoms with Crippen molar-refractivity contribution in [1.82, 2.24) is 10.1 Å². The molecule has 5 heteroatoms. The molecule has 0 aliphatic rings. The first-order valence-electron chi connectivity index (χ1n) is 10.7. The largest absolute Gasteiger partial charge is 0.481 e. The SMILES string of the molecule is COc1ncccc1-c1cccc(Nc2c(C)noc2-c2ccc(-c3ccccc3)cc2)c1. The number of benzene rings is 3. The number of hydrogen-bond acceptors (Lipinski definition) is 5. The molecule has 3 aromatic carbocycles. The Bertz CT molecular complexity index is 1380. The molecule has 0 radical (unpaired) electrons. The zero-order valence-electron chi connectivity index (χ0n) is 18.4. The van der Waals surface area contributed by atoms with Crippen molar-refractivity contribution in [3.8, 4) is 39.5 Å². The quantitative estimate of drug-likeness (QED) is 0.309. The summed E-state index contributed by atoms with van der Waals surface area (Å²) in [6, 6.07) is 30.6. The van der Waals surface area contributed by atoms with Crippen molar-refractivity contribution in [2.24, 2.45) is 0 Å². The number of nitrogens with one attached hydrogen (secondary N) is 1. The number of pyridine rings is 1. The fourth-order valence-corrected chi connectivity index (χ4v) is 3.84. The van der Waals surface area contributed by atoms with E-state index in [1.54, 1.807) is 13.3 Å². The Hall–Kier alpha value is -4.38. The van der Waals surface area contributed by atoms with E-state index >= 15 is 0 Å². The van der Waals surface area contributed by atoms with Crippen LogP contribution < -0.4 is 10.1 Å². The van der Waals surface area contributed by atoms with Crippen LogP contribution in [0.4, 0.5) is 11.4 Å². The Morgan fingerprint density at radius 3 is 2.27 bits per heavy atom. The first kappa shape index (κ1) is 20.5. The first-order chi connectivity index (χ1) is 16.2. The summed E-state index contributed by atoms with van der Waals surface area (Å²) in [7, 11) is 1.63. The van der Waals surface area contributed by atoms with Crippen molar-refractivity contribution in [2.45, 2.75) is 6.92 Å². The van der Waals surface area contributed by atoms with E-state index in [-0.39, 0.29) is 0 Å². The molecular weight excluding hydrogens is 410 g/mol. The number of ether oxygens (including phenoxy) is 1. The summed E-state index contributed by atoms with van der Waals surface area (Å²) in [6.07, 6.45) is 1.72. The van der Waals surface area contributed by atoms with Crippen LogP contribution in [0, 0.1) is 6.92 Å². The molecule has 5 nitrogen and oxygen atoms in total. The molecule has 0 unspecified atom stereocenters. The highest BCUT2D eigenvalue weighted by Crippen LogP contribution is 2.36. The lowest BCUT2D eigenvalue weighted by Gasteiger charge is -2.11. The van der Waals surface area contributed by atoms with Crippen LogP contribution in [0.25, 0.3) is 33.6 Å². The van der Waals surface area contributed by atoms with Gasteiger partial charge in [-0.25, -0.2) is 4.98 Å². The van der Waals surface area contributed by atoms with Gasteiger partial charge >= 0.3 is 0 Å². The Morgan fingerprint density at radius 2 is 1.48 bits per heavy atom. The van der Waals surface area contributed by atoms with Gasteiger partial charge in [-0.3, -0.25) is 0 Å². The van der Waals surface area contributed by atoms with E-state index in [9.17, 15) is 0 Å². The topological polar surface area (TPSA) is 60.2 Å². The third-order valence-electron chi connectivity index (χ3n) is 5.52. The standard InChI is InChI=1S/C28H23N3O2/c1-19-26(30-24-11-6-10-23(18-24)25-12-7-17-29-28(25)32-2)27(33-31-19)22-15-13-21(14-16-22)20-8-4-3-5-9-20/h3-18,30H,1-2H3. The van der Waals surface area contributed by atoms with Crippen LogP contribution >= 0.6 is 0 Å². The van der Waals surface area contributed by atoms with Crippen LogP contribution in [-0.2, 0) is 0 Å². The van der Waals surface area contributed by atoms with Crippen molar-refractivity contribution in [3.63, 3.8) is 0 Å². The molecule has 2 aromatic heterocycles. The second kappa shape index (κ2) is 9.01. The van der Waals surface area contributed by atoms with Gasteiger partial charge in [0, 0.05) is 23.0 Å². The number of hydrogen-bond donors (Lipinski definition) is 1. The average molecular weight is 434 g/mol. The molecular formula is C28H23N3O2. The van der Waals surface area contributed by atoms with Crippen LogP contribution in [0.1, 0.15) is 5.69 Å².